The summed E-state index contributed by atoms with van der Waals surface area (Å²) < 4.78 is 1.42. The van der Waals surface area contributed by atoms with Crippen LogP contribution in [0.1, 0.15) is 0 Å². The van der Waals surface area contributed by atoms with Gasteiger partial charge in [-0.2, -0.15) is 4.98 Å². The predicted octanol–water partition coefficient (Wildman–Crippen LogP) is -1.32. The van der Waals surface area contributed by atoms with Crippen molar-refractivity contribution in [2.24, 2.45) is 5.73 Å². The monoisotopic (exact) mass is 192 g/mol. The molecule has 2 heterocycles. The van der Waals surface area contributed by atoms with Crippen LogP contribution in [0.4, 0.5) is 5.95 Å². The minimum absolute atomic E-state index is 0.0468. The third-order valence-corrected chi connectivity index (χ3v) is 1.81. The number of hydrogen-bond donors (Lipinski definition) is 2. The van der Waals surface area contributed by atoms with E-state index in [1.54, 1.807) is 0 Å². The molecule has 14 heavy (non-hydrogen) atoms. The van der Waals surface area contributed by atoms with Crippen molar-refractivity contribution in [3.8, 4) is 0 Å². The lowest BCUT2D eigenvalue weighted by atomic mass is 10.5. The first kappa shape index (κ1) is 8.57. The molecular weight excluding hydrogens is 184 g/mol. The van der Waals surface area contributed by atoms with Crippen molar-refractivity contribution >= 4 is 17.1 Å². The van der Waals surface area contributed by atoms with Gasteiger partial charge in [0.05, 0.1) is 6.67 Å². The second kappa shape index (κ2) is 3.04. The first-order chi connectivity index (χ1) is 6.74. The van der Waals surface area contributed by atoms with Crippen molar-refractivity contribution < 1.29 is 0 Å². The Bertz CT molecular complexity index is 533. The van der Waals surface area contributed by atoms with Crippen LogP contribution in [0, 0.1) is 0 Å². The number of nitrogen functional groups attached to an aromatic ring is 1. The summed E-state index contributed by atoms with van der Waals surface area (Å²) in [5.74, 6) is 0.0468. The van der Waals surface area contributed by atoms with Gasteiger partial charge in [-0.05, 0) is 0 Å². The highest BCUT2D eigenvalue weighted by atomic mass is 16.1. The number of nitrogens with two attached hydrogens (primary N) is 2. The molecule has 0 aliphatic heterocycles. The molecule has 0 spiro atoms. The molecular formula is C7H8N6O. The number of nitrogens with zero attached hydrogens (tertiary/aromatic N) is 4. The molecule has 0 aromatic carbocycles. The maximum Gasteiger partial charge on any atom is 0.302 e. The van der Waals surface area contributed by atoms with Crippen LogP contribution in [0.25, 0.3) is 11.2 Å². The van der Waals surface area contributed by atoms with Crippen LogP contribution in [0.15, 0.2) is 17.2 Å². The number of rotatable bonds is 1. The van der Waals surface area contributed by atoms with Gasteiger partial charge in [0, 0.05) is 12.4 Å². The van der Waals surface area contributed by atoms with Crippen LogP contribution < -0.4 is 17.0 Å². The van der Waals surface area contributed by atoms with E-state index in [0.717, 1.165) is 0 Å². The maximum atomic E-state index is 11.3. The lowest BCUT2D eigenvalue weighted by Crippen LogP contribution is -2.22. The Balaban J connectivity index is 2.98. The van der Waals surface area contributed by atoms with Crippen LogP contribution >= 0.6 is 0 Å². The van der Waals surface area contributed by atoms with E-state index < -0.39 is 5.56 Å². The Morgan fingerprint density at radius 1 is 1.36 bits per heavy atom. The van der Waals surface area contributed by atoms with Crippen molar-refractivity contribution in [3.05, 3.63) is 22.7 Å². The summed E-state index contributed by atoms with van der Waals surface area (Å²) in [6, 6.07) is 0. The van der Waals surface area contributed by atoms with Gasteiger partial charge in [-0.25, -0.2) is 9.97 Å². The normalized spacial score (nSPS) is 10.6. The lowest BCUT2D eigenvalue weighted by molar-refractivity contribution is 0.738. The average molecular weight is 192 g/mol. The van der Waals surface area contributed by atoms with E-state index in [1.807, 2.05) is 0 Å². The van der Waals surface area contributed by atoms with Gasteiger partial charge in [0.25, 0.3) is 0 Å². The highest BCUT2D eigenvalue weighted by Gasteiger charge is 2.08. The topological polar surface area (TPSA) is 113 Å². The summed E-state index contributed by atoms with van der Waals surface area (Å²) in [6.45, 7) is 0.105. The molecule has 2 rings (SSSR count). The number of fused-ring (bicyclic) bond motifs is 1. The Morgan fingerprint density at radius 3 is 2.79 bits per heavy atom. The van der Waals surface area contributed by atoms with E-state index in [1.165, 1.54) is 17.0 Å². The largest absolute Gasteiger partial charge is 0.369 e. The Hall–Kier alpha value is -2.02. The van der Waals surface area contributed by atoms with Crippen LogP contribution in [-0.2, 0) is 6.67 Å². The lowest BCUT2D eigenvalue weighted by Gasteiger charge is -2.07. The van der Waals surface area contributed by atoms with Crippen molar-refractivity contribution in [2.45, 2.75) is 6.67 Å². The zero-order chi connectivity index (χ0) is 10.1. The van der Waals surface area contributed by atoms with Crippen LogP contribution in [0.2, 0.25) is 0 Å². The first-order valence-corrected chi connectivity index (χ1v) is 3.91. The van der Waals surface area contributed by atoms with Gasteiger partial charge in [-0.3, -0.25) is 9.36 Å². The summed E-state index contributed by atoms with van der Waals surface area (Å²) >= 11 is 0. The molecule has 0 saturated carbocycles. The molecule has 0 aliphatic rings. The maximum absolute atomic E-state index is 11.3. The van der Waals surface area contributed by atoms with Crippen molar-refractivity contribution in [1.29, 1.82) is 0 Å². The molecule has 4 N–H and O–H groups in total. The van der Waals surface area contributed by atoms with Gasteiger partial charge >= 0.3 is 5.56 Å². The van der Waals surface area contributed by atoms with E-state index in [4.69, 9.17) is 11.5 Å². The number of anilines is 1. The number of hydrogen-bond acceptors (Lipinski definition) is 6. The SMILES string of the molecule is NCn1c(N)nc(=O)c2nccnc21. The summed E-state index contributed by atoms with van der Waals surface area (Å²) in [6.07, 6.45) is 2.88. The molecule has 0 saturated heterocycles. The molecule has 0 amide bonds. The van der Waals surface area contributed by atoms with Gasteiger partial charge in [0.2, 0.25) is 5.95 Å². The standard InChI is InChI=1S/C7H8N6O/c8-3-13-5-4(10-1-2-11-5)6(14)12-7(13)9/h1-2H,3,8H2,(H2,9,12,14). The van der Waals surface area contributed by atoms with Crippen LogP contribution in [0.5, 0.6) is 0 Å². The highest BCUT2D eigenvalue weighted by molar-refractivity contribution is 5.69. The van der Waals surface area contributed by atoms with E-state index in [-0.39, 0.29) is 18.1 Å². The molecule has 0 radical (unpaired) electrons. The van der Waals surface area contributed by atoms with E-state index in [9.17, 15) is 4.79 Å². The minimum Gasteiger partial charge on any atom is -0.369 e. The molecule has 2 aromatic rings. The summed E-state index contributed by atoms with van der Waals surface area (Å²) in [7, 11) is 0. The molecule has 0 aliphatic carbocycles. The molecule has 7 heteroatoms. The van der Waals surface area contributed by atoms with E-state index in [2.05, 4.69) is 15.0 Å². The molecule has 0 unspecified atom stereocenters. The number of aromatic nitrogens is 4. The molecule has 2 aromatic heterocycles. The molecule has 0 fully saturated rings. The van der Waals surface area contributed by atoms with Crippen LogP contribution in [-0.4, -0.2) is 19.5 Å². The quantitative estimate of drug-likeness (QED) is 0.579. The summed E-state index contributed by atoms with van der Waals surface area (Å²) in [5, 5.41) is 0. The Morgan fingerprint density at radius 2 is 2.07 bits per heavy atom. The summed E-state index contributed by atoms with van der Waals surface area (Å²) in [4.78, 5) is 22.7. The first-order valence-electron chi connectivity index (χ1n) is 3.91. The van der Waals surface area contributed by atoms with Gasteiger partial charge in [0.1, 0.15) is 0 Å². The second-order valence-electron chi connectivity index (χ2n) is 2.61. The van der Waals surface area contributed by atoms with E-state index >= 15 is 0 Å². The highest BCUT2D eigenvalue weighted by Crippen LogP contribution is 2.05. The zero-order valence-electron chi connectivity index (χ0n) is 7.21. The van der Waals surface area contributed by atoms with Gasteiger partial charge < -0.3 is 11.5 Å². The van der Waals surface area contributed by atoms with Crippen molar-refractivity contribution in [1.82, 2.24) is 19.5 Å². The van der Waals surface area contributed by atoms with Gasteiger partial charge in [-0.1, -0.05) is 0 Å². The smallest absolute Gasteiger partial charge is 0.302 e. The second-order valence-corrected chi connectivity index (χ2v) is 2.61. The minimum atomic E-state index is -0.490. The molecule has 0 atom stereocenters. The third-order valence-electron chi connectivity index (χ3n) is 1.81. The van der Waals surface area contributed by atoms with Gasteiger partial charge in [-0.15, -0.1) is 0 Å². The Labute approximate surface area is 78.4 Å². The van der Waals surface area contributed by atoms with Crippen LogP contribution in [0.3, 0.4) is 0 Å². The summed E-state index contributed by atoms with van der Waals surface area (Å²) in [5.41, 5.74) is 11.0. The average Bonchev–Trinajstić information content (AvgIpc) is 2.18. The predicted molar refractivity (Wildman–Crippen MR) is 50.2 cm³/mol. The van der Waals surface area contributed by atoms with Crippen molar-refractivity contribution in [3.63, 3.8) is 0 Å². The molecule has 0 bridgehead atoms. The molecule has 72 valence electrons. The Kier molecular flexibility index (Phi) is 1.86. The zero-order valence-corrected chi connectivity index (χ0v) is 7.21. The third kappa shape index (κ3) is 1.11. The molecule has 7 nitrogen and oxygen atoms in total. The van der Waals surface area contributed by atoms with Gasteiger partial charge in [0.15, 0.2) is 11.2 Å². The fourth-order valence-electron chi connectivity index (χ4n) is 1.18. The van der Waals surface area contributed by atoms with E-state index in [0.29, 0.717) is 5.65 Å². The van der Waals surface area contributed by atoms with Crippen molar-refractivity contribution in [2.75, 3.05) is 5.73 Å². The fourth-order valence-corrected chi connectivity index (χ4v) is 1.18. The fraction of sp³-hybridized carbons (Fsp3) is 0.143.